The van der Waals surface area contributed by atoms with Crippen molar-refractivity contribution >= 4 is 12.0 Å². The zero-order valence-electron chi connectivity index (χ0n) is 25.1. The molecule has 0 N–H and O–H groups in total. The molecule has 2 aliphatic carbocycles. The summed E-state index contributed by atoms with van der Waals surface area (Å²) < 4.78 is 51.9. The maximum absolute atomic E-state index is 15.5. The molecule has 0 saturated carbocycles. The van der Waals surface area contributed by atoms with Crippen molar-refractivity contribution in [3.05, 3.63) is 176 Å². The van der Waals surface area contributed by atoms with Gasteiger partial charge in [-0.05, 0) is 70.5 Å². The van der Waals surface area contributed by atoms with Crippen molar-refractivity contribution in [3.8, 4) is 5.75 Å². The lowest BCUT2D eigenvalue weighted by molar-refractivity contribution is 0.0666. The van der Waals surface area contributed by atoms with Gasteiger partial charge in [0.05, 0.1) is 0 Å². The Morgan fingerprint density at radius 3 is 2.43 bits per heavy atom. The summed E-state index contributed by atoms with van der Waals surface area (Å²) in [5, 5.41) is 1.94. The minimum atomic E-state index is -1.13. The second kappa shape index (κ2) is 11.0. The molecule has 47 heavy (non-hydrogen) atoms. The van der Waals surface area contributed by atoms with Gasteiger partial charge < -0.3 is 9.64 Å². The Morgan fingerprint density at radius 1 is 0.809 bits per heavy atom. The number of pyridine rings is 1. The maximum Gasteiger partial charge on any atom is 0.277 e. The van der Waals surface area contributed by atoms with Gasteiger partial charge in [0.2, 0.25) is 5.43 Å². The lowest BCUT2D eigenvalue weighted by atomic mass is 9.83. The standard InChI is InChI=1S/C38H28F3N3O3/c39-28-11-6-9-24(19-28)15-17-42-23-44(43-18-16-33(45)36(35(43)37(42)46)47-22-25-7-2-1-3-8-25)38-27(20-26-10-4-5-12-30(26)38)21-29-31(38)13-14-32(40)34(29)41/h1-14,16,18-19,21H,15,17,20,22-23H2. The van der Waals surface area contributed by atoms with Crippen molar-refractivity contribution in [3.63, 3.8) is 0 Å². The first-order valence-electron chi connectivity index (χ1n) is 15.4. The number of benzene rings is 4. The Balaban J connectivity index is 1.32. The quantitative estimate of drug-likeness (QED) is 0.211. The molecule has 2 heterocycles. The van der Waals surface area contributed by atoms with Gasteiger partial charge in [0.15, 0.2) is 23.1 Å². The highest BCUT2D eigenvalue weighted by molar-refractivity contribution is 5.96. The SMILES string of the molecule is O=C1c2c(OCc3ccccc3)c(=O)ccn2N(C23C(=Cc4c2ccc(F)c4F)Cc2ccccc23)CN1CCc1cccc(F)c1. The third kappa shape index (κ3) is 4.48. The topological polar surface area (TPSA) is 54.8 Å². The minimum absolute atomic E-state index is 0.0214. The summed E-state index contributed by atoms with van der Waals surface area (Å²) in [6.07, 6.45) is 4.07. The van der Waals surface area contributed by atoms with Gasteiger partial charge >= 0.3 is 0 Å². The van der Waals surface area contributed by atoms with Crippen molar-refractivity contribution in [2.45, 2.75) is 25.0 Å². The zero-order valence-corrected chi connectivity index (χ0v) is 25.1. The molecule has 234 valence electrons. The minimum Gasteiger partial charge on any atom is -0.482 e. The number of ether oxygens (including phenoxy) is 1. The number of hydrogen-bond donors (Lipinski definition) is 0. The second-order valence-electron chi connectivity index (χ2n) is 12.0. The molecule has 1 amide bonds. The summed E-state index contributed by atoms with van der Waals surface area (Å²) in [7, 11) is 0. The number of aromatic nitrogens is 1. The van der Waals surface area contributed by atoms with Gasteiger partial charge in [0, 0.05) is 24.4 Å². The van der Waals surface area contributed by atoms with Crippen molar-refractivity contribution in [1.82, 2.24) is 9.58 Å². The average Bonchev–Trinajstić information content (AvgIpc) is 3.58. The Morgan fingerprint density at radius 2 is 1.60 bits per heavy atom. The fraction of sp³-hybridized carbons (Fsp3) is 0.158. The van der Waals surface area contributed by atoms with E-state index >= 15 is 4.39 Å². The van der Waals surface area contributed by atoms with Gasteiger partial charge in [0.1, 0.15) is 24.6 Å². The van der Waals surface area contributed by atoms with Crippen LogP contribution < -0.4 is 15.2 Å². The second-order valence-corrected chi connectivity index (χ2v) is 12.0. The van der Waals surface area contributed by atoms with Gasteiger partial charge in [-0.1, -0.05) is 72.8 Å². The average molecular weight is 632 g/mol. The van der Waals surface area contributed by atoms with Crippen LogP contribution in [0.25, 0.3) is 6.08 Å². The van der Waals surface area contributed by atoms with Crippen molar-refractivity contribution in [2.24, 2.45) is 0 Å². The number of carbonyl (C=O) groups excluding carboxylic acids is 1. The highest BCUT2D eigenvalue weighted by Gasteiger charge is 2.56. The predicted molar refractivity (Wildman–Crippen MR) is 171 cm³/mol. The highest BCUT2D eigenvalue weighted by atomic mass is 19.2. The van der Waals surface area contributed by atoms with E-state index in [2.05, 4.69) is 0 Å². The lowest BCUT2D eigenvalue weighted by Gasteiger charge is -2.49. The van der Waals surface area contributed by atoms with Crippen LogP contribution in [0.2, 0.25) is 0 Å². The van der Waals surface area contributed by atoms with Gasteiger partial charge in [0.25, 0.3) is 5.91 Å². The molecular weight excluding hydrogens is 603 g/mol. The van der Waals surface area contributed by atoms with Crippen LogP contribution >= 0.6 is 0 Å². The van der Waals surface area contributed by atoms with Crippen LogP contribution in [0.4, 0.5) is 13.2 Å². The number of rotatable bonds is 7. The Hall–Kier alpha value is -5.57. The summed E-state index contributed by atoms with van der Waals surface area (Å²) in [6, 6.07) is 27.4. The number of hydrogen-bond acceptors (Lipinski definition) is 4. The number of carbonyl (C=O) groups is 1. The van der Waals surface area contributed by atoms with E-state index in [1.54, 1.807) is 40.0 Å². The van der Waals surface area contributed by atoms with Gasteiger partial charge in [-0.15, -0.1) is 0 Å². The van der Waals surface area contributed by atoms with Crippen LogP contribution in [-0.2, 0) is 25.0 Å². The van der Waals surface area contributed by atoms with Crippen LogP contribution in [0.3, 0.4) is 0 Å². The van der Waals surface area contributed by atoms with E-state index < -0.39 is 28.5 Å². The molecule has 0 saturated heterocycles. The molecule has 1 aromatic heterocycles. The zero-order chi connectivity index (χ0) is 32.3. The van der Waals surface area contributed by atoms with Crippen LogP contribution in [0.15, 0.2) is 114 Å². The summed E-state index contributed by atoms with van der Waals surface area (Å²) in [5.74, 6) is -2.82. The molecule has 0 spiro atoms. The molecule has 0 radical (unpaired) electrons. The Kier molecular flexibility index (Phi) is 6.79. The van der Waals surface area contributed by atoms with Crippen molar-refractivity contribution < 1.29 is 22.7 Å². The molecule has 6 nitrogen and oxygen atoms in total. The maximum atomic E-state index is 15.5. The van der Waals surface area contributed by atoms with Gasteiger partial charge in [-0.3, -0.25) is 19.3 Å². The molecule has 0 bridgehead atoms. The number of amides is 1. The van der Waals surface area contributed by atoms with E-state index in [-0.39, 0.29) is 42.6 Å². The molecule has 9 heteroatoms. The molecule has 8 rings (SSSR count). The largest absolute Gasteiger partial charge is 0.482 e. The molecule has 1 unspecified atom stereocenters. The fourth-order valence-electron chi connectivity index (χ4n) is 7.26. The van der Waals surface area contributed by atoms with Crippen molar-refractivity contribution in [2.75, 3.05) is 18.2 Å². The van der Waals surface area contributed by atoms with E-state index in [9.17, 15) is 18.4 Å². The number of halogens is 3. The van der Waals surface area contributed by atoms with E-state index in [0.717, 1.165) is 28.3 Å². The summed E-state index contributed by atoms with van der Waals surface area (Å²) in [4.78, 5) is 29.4. The molecule has 0 fully saturated rings. The smallest absolute Gasteiger partial charge is 0.277 e. The molecular formula is C38H28F3N3O3. The van der Waals surface area contributed by atoms with Gasteiger partial charge in [-0.25, -0.2) is 13.2 Å². The number of fused-ring (bicyclic) bond motifs is 6. The predicted octanol–water partition coefficient (Wildman–Crippen LogP) is 6.34. The van der Waals surface area contributed by atoms with E-state index in [1.165, 1.54) is 18.2 Å². The molecule has 1 atom stereocenters. The van der Waals surface area contributed by atoms with Crippen LogP contribution in [0, 0.1) is 17.5 Å². The van der Waals surface area contributed by atoms with Crippen LogP contribution in [0.1, 0.15) is 43.9 Å². The summed E-state index contributed by atoms with van der Waals surface area (Å²) >= 11 is 0. The molecule has 4 aromatic carbocycles. The molecule has 3 aliphatic rings. The first-order chi connectivity index (χ1) is 22.9. The van der Waals surface area contributed by atoms with Crippen LogP contribution in [0.5, 0.6) is 5.75 Å². The third-order valence-electron chi connectivity index (χ3n) is 9.36. The first kappa shape index (κ1) is 28.9. The summed E-state index contributed by atoms with van der Waals surface area (Å²) in [5.41, 5.74) is 3.33. The van der Waals surface area contributed by atoms with E-state index in [0.29, 0.717) is 24.0 Å². The fourth-order valence-corrected chi connectivity index (χ4v) is 7.26. The Bertz CT molecular complexity index is 2160. The Labute approximate surface area is 268 Å². The van der Waals surface area contributed by atoms with E-state index in [1.807, 2.05) is 59.6 Å². The van der Waals surface area contributed by atoms with Crippen LogP contribution in [-0.4, -0.2) is 28.7 Å². The molecule has 5 aromatic rings. The normalized spacial score (nSPS) is 17.6. The monoisotopic (exact) mass is 631 g/mol. The van der Waals surface area contributed by atoms with Gasteiger partial charge in [-0.2, -0.15) is 0 Å². The highest BCUT2D eigenvalue weighted by Crippen LogP contribution is 2.56. The third-order valence-corrected chi connectivity index (χ3v) is 9.36. The first-order valence-corrected chi connectivity index (χ1v) is 15.4. The summed E-state index contributed by atoms with van der Waals surface area (Å²) in [6.45, 7) is 0.282. The van der Waals surface area contributed by atoms with Crippen molar-refractivity contribution in [1.29, 1.82) is 0 Å². The molecule has 1 aliphatic heterocycles. The number of nitrogens with zero attached hydrogens (tertiary/aromatic N) is 3. The lowest BCUT2D eigenvalue weighted by Crippen LogP contribution is -2.62. The van der Waals surface area contributed by atoms with E-state index in [4.69, 9.17) is 4.74 Å².